The van der Waals surface area contributed by atoms with E-state index in [0.29, 0.717) is 12.1 Å². The average Bonchev–Trinajstić information content (AvgIpc) is 2.17. The fourth-order valence-electron chi connectivity index (χ4n) is 1.15. The lowest BCUT2D eigenvalue weighted by Gasteiger charge is -2.03. The number of nitrogens with one attached hydrogen (secondary N) is 1. The van der Waals surface area contributed by atoms with Crippen LogP contribution in [0.3, 0.4) is 0 Å². The molecule has 5 nitrogen and oxygen atoms in total. The minimum absolute atomic E-state index is 0.0275. The monoisotopic (exact) mass is 193 g/mol. The number of nitro benzene ring substituents is 1. The van der Waals surface area contributed by atoms with E-state index in [4.69, 9.17) is 5.84 Å². The van der Waals surface area contributed by atoms with E-state index in [9.17, 15) is 10.1 Å². The smallest absolute Gasteiger partial charge is 0.293 e. The molecule has 0 aliphatic carbocycles. The first-order valence-corrected chi connectivity index (χ1v) is 4.04. The van der Waals surface area contributed by atoms with Gasteiger partial charge in [-0.3, -0.25) is 16.0 Å². The van der Waals surface area contributed by atoms with Crippen LogP contribution >= 0.6 is 0 Å². The Bertz CT molecular complexity index is 363. The molecule has 0 heterocycles. The van der Waals surface area contributed by atoms with E-state index < -0.39 is 4.92 Å². The zero-order chi connectivity index (χ0) is 10.6. The summed E-state index contributed by atoms with van der Waals surface area (Å²) in [6.45, 7) is 3.58. The summed E-state index contributed by atoms with van der Waals surface area (Å²) in [5.74, 6) is 5.17. The lowest BCUT2D eigenvalue weighted by molar-refractivity contribution is -0.384. The van der Waals surface area contributed by atoms with E-state index in [1.54, 1.807) is 18.2 Å². The number of hydrogen-bond donors (Lipinski definition) is 2. The van der Waals surface area contributed by atoms with Crippen LogP contribution in [0.5, 0.6) is 0 Å². The molecule has 0 saturated heterocycles. The Morgan fingerprint density at radius 3 is 2.86 bits per heavy atom. The summed E-state index contributed by atoms with van der Waals surface area (Å²) in [4.78, 5) is 10.1. The van der Waals surface area contributed by atoms with Gasteiger partial charge in [-0.1, -0.05) is 12.1 Å². The van der Waals surface area contributed by atoms with Crippen molar-refractivity contribution in [3.8, 4) is 0 Å². The Balaban J connectivity index is 3.10. The van der Waals surface area contributed by atoms with Gasteiger partial charge in [-0.2, -0.15) is 0 Å². The molecule has 0 amide bonds. The summed E-state index contributed by atoms with van der Waals surface area (Å²) < 4.78 is 0. The van der Waals surface area contributed by atoms with Gasteiger partial charge in [0.05, 0.1) is 4.92 Å². The van der Waals surface area contributed by atoms with Gasteiger partial charge in [-0.15, -0.1) is 6.58 Å². The lowest BCUT2D eigenvalue weighted by Crippen LogP contribution is -2.09. The van der Waals surface area contributed by atoms with Crippen molar-refractivity contribution in [2.75, 3.05) is 5.43 Å². The molecule has 74 valence electrons. The quantitative estimate of drug-likeness (QED) is 0.329. The number of nitrogens with two attached hydrogens (primary N) is 1. The molecule has 0 aliphatic heterocycles. The van der Waals surface area contributed by atoms with Gasteiger partial charge in [-0.05, 0) is 18.1 Å². The third-order valence-electron chi connectivity index (χ3n) is 1.79. The summed E-state index contributed by atoms with van der Waals surface area (Å²) in [6.07, 6.45) is 2.38. The minimum atomic E-state index is -0.479. The van der Waals surface area contributed by atoms with Gasteiger partial charge < -0.3 is 5.43 Å². The predicted octanol–water partition coefficient (Wildman–Crippen LogP) is 1.61. The van der Waals surface area contributed by atoms with Gasteiger partial charge >= 0.3 is 0 Å². The van der Waals surface area contributed by atoms with E-state index >= 15 is 0 Å². The fraction of sp³-hybridized carbons (Fsp3) is 0.111. The number of anilines is 1. The van der Waals surface area contributed by atoms with E-state index in [-0.39, 0.29) is 5.69 Å². The molecule has 1 aromatic carbocycles. The topological polar surface area (TPSA) is 81.2 Å². The maximum Gasteiger partial charge on any atom is 0.293 e. The van der Waals surface area contributed by atoms with E-state index in [0.717, 1.165) is 5.56 Å². The van der Waals surface area contributed by atoms with Crippen molar-refractivity contribution in [2.45, 2.75) is 6.42 Å². The number of hydrazine groups is 1. The molecule has 3 N–H and O–H groups in total. The van der Waals surface area contributed by atoms with Crippen molar-refractivity contribution in [1.29, 1.82) is 0 Å². The number of benzene rings is 1. The van der Waals surface area contributed by atoms with Gasteiger partial charge in [0.1, 0.15) is 5.69 Å². The molecule has 0 unspecified atom stereocenters. The number of allylic oxidation sites excluding steroid dienone is 1. The van der Waals surface area contributed by atoms with Crippen LogP contribution in [0.15, 0.2) is 30.9 Å². The van der Waals surface area contributed by atoms with Crippen molar-refractivity contribution < 1.29 is 4.92 Å². The Hall–Kier alpha value is -1.88. The van der Waals surface area contributed by atoms with Gasteiger partial charge in [-0.25, -0.2) is 0 Å². The van der Waals surface area contributed by atoms with E-state index in [1.807, 2.05) is 0 Å². The fourth-order valence-corrected chi connectivity index (χ4v) is 1.15. The Morgan fingerprint density at radius 2 is 2.36 bits per heavy atom. The molecule has 1 rings (SSSR count). The molecule has 5 heteroatoms. The normalized spacial score (nSPS) is 9.50. The van der Waals surface area contributed by atoms with Crippen molar-refractivity contribution in [2.24, 2.45) is 5.84 Å². The molecule has 0 atom stereocenters. The number of hydrogen-bond acceptors (Lipinski definition) is 4. The van der Waals surface area contributed by atoms with Crippen LogP contribution < -0.4 is 11.3 Å². The number of nitro groups is 1. The number of nitrogens with zero attached hydrogens (tertiary/aromatic N) is 1. The summed E-state index contributed by atoms with van der Waals surface area (Å²) >= 11 is 0. The summed E-state index contributed by atoms with van der Waals surface area (Å²) in [6, 6.07) is 4.74. The van der Waals surface area contributed by atoms with Gasteiger partial charge in [0, 0.05) is 6.07 Å². The van der Waals surface area contributed by atoms with Crippen LogP contribution in [0.2, 0.25) is 0 Å². The first-order valence-electron chi connectivity index (χ1n) is 4.04. The van der Waals surface area contributed by atoms with Crippen LogP contribution in [0.1, 0.15) is 5.56 Å². The summed E-state index contributed by atoms with van der Waals surface area (Å²) in [5.41, 5.74) is 3.52. The second kappa shape index (κ2) is 4.38. The standard InChI is InChI=1S/C9H11N3O2/c1-2-3-7-4-5-9(12(13)14)8(6-7)11-10/h2,4-6,11H,1,3,10H2. The molecule has 1 aromatic rings. The molecular weight excluding hydrogens is 182 g/mol. The second-order valence-corrected chi connectivity index (χ2v) is 2.75. The van der Waals surface area contributed by atoms with Crippen LogP contribution in [0, 0.1) is 10.1 Å². The Morgan fingerprint density at radius 1 is 1.64 bits per heavy atom. The van der Waals surface area contributed by atoms with E-state index in [1.165, 1.54) is 6.07 Å². The van der Waals surface area contributed by atoms with Gasteiger partial charge in [0.25, 0.3) is 5.69 Å². The zero-order valence-electron chi connectivity index (χ0n) is 7.56. The number of rotatable bonds is 4. The van der Waals surface area contributed by atoms with Gasteiger partial charge in [0.2, 0.25) is 0 Å². The highest BCUT2D eigenvalue weighted by Gasteiger charge is 2.12. The molecule has 0 aliphatic rings. The van der Waals surface area contributed by atoms with Crippen molar-refractivity contribution in [3.05, 3.63) is 46.5 Å². The molecular formula is C9H11N3O2. The minimum Gasteiger partial charge on any atom is -0.318 e. The molecule has 0 radical (unpaired) electrons. The molecule has 0 fully saturated rings. The van der Waals surface area contributed by atoms with Crippen LogP contribution in [-0.4, -0.2) is 4.92 Å². The molecule has 0 bridgehead atoms. The maximum absolute atomic E-state index is 10.5. The zero-order valence-corrected chi connectivity index (χ0v) is 7.56. The highest BCUT2D eigenvalue weighted by molar-refractivity contribution is 5.62. The molecule has 14 heavy (non-hydrogen) atoms. The largest absolute Gasteiger partial charge is 0.318 e. The summed E-state index contributed by atoms with van der Waals surface area (Å²) in [7, 11) is 0. The first-order chi connectivity index (χ1) is 6.69. The van der Waals surface area contributed by atoms with E-state index in [2.05, 4.69) is 12.0 Å². The Labute approximate surface area is 81.3 Å². The highest BCUT2D eigenvalue weighted by Crippen LogP contribution is 2.24. The highest BCUT2D eigenvalue weighted by atomic mass is 16.6. The molecule has 0 spiro atoms. The van der Waals surface area contributed by atoms with Crippen LogP contribution in [-0.2, 0) is 6.42 Å². The van der Waals surface area contributed by atoms with Crippen molar-refractivity contribution in [3.63, 3.8) is 0 Å². The number of nitrogen functional groups attached to an aromatic ring is 1. The second-order valence-electron chi connectivity index (χ2n) is 2.75. The predicted molar refractivity (Wildman–Crippen MR) is 54.8 cm³/mol. The molecule has 0 aromatic heterocycles. The average molecular weight is 193 g/mol. The summed E-state index contributed by atoms with van der Waals surface area (Å²) in [5, 5.41) is 10.5. The van der Waals surface area contributed by atoms with Gasteiger partial charge in [0.15, 0.2) is 0 Å². The van der Waals surface area contributed by atoms with Crippen LogP contribution in [0.4, 0.5) is 11.4 Å². The van der Waals surface area contributed by atoms with Crippen molar-refractivity contribution >= 4 is 11.4 Å². The molecule has 0 saturated carbocycles. The lowest BCUT2D eigenvalue weighted by atomic mass is 10.1. The van der Waals surface area contributed by atoms with Crippen LogP contribution in [0.25, 0.3) is 0 Å². The third-order valence-corrected chi connectivity index (χ3v) is 1.79. The SMILES string of the molecule is C=CCc1ccc([N+](=O)[O-])c(NN)c1. The Kier molecular flexibility index (Phi) is 3.19. The third kappa shape index (κ3) is 2.08. The first kappa shape index (κ1) is 10.2. The van der Waals surface area contributed by atoms with Crippen molar-refractivity contribution in [1.82, 2.24) is 0 Å². The maximum atomic E-state index is 10.5.